The normalized spacial score (nSPS) is 12.4. The zero-order valence-electron chi connectivity index (χ0n) is 15.7. The van der Waals surface area contributed by atoms with E-state index in [1.54, 1.807) is 27.7 Å². The number of nitrogens with one attached hydrogen (secondary N) is 1. The molecule has 1 unspecified atom stereocenters. The number of rotatable bonds is 8. The monoisotopic (exact) mass is 391 g/mol. The van der Waals surface area contributed by atoms with E-state index in [2.05, 4.69) is 5.32 Å². The summed E-state index contributed by atoms with van der Waals surface area (Å²) in [5.41, 5.74) is -0.282. The highest BCUT2D eigenvalue weighted by atomic mass is 19.3. The lowest BCUT2D eigenvalue weighted by Gasteiger charge is -2.20. The maximum atomic E-state index is 13.3. The van der Waals surface area contributed by atoms with E-state index in [-0.39, 0.29) is 12.2 Å². The molecule has 1 N–H and O–H groups in total. The van der Waals surface area contributed by atoms with Crippen molar-refractivity contribution in [2.45, 2.75) is 52.2 Å². The molecule has 0 aliphatic rings. The maximum Gasteiger partial charge on any atom is 0.408 e. The van der Waals surface area contributed by atoms with Gasteiger partial charge in [-0.1, -0.05) is 6.07 Å². The maximum absolute atomic E-state index is 13.3. The number of hydrogen-bond acceptors (Lipinski definition) is 5. The molecule has 152 valence electrons. The van der Waals surface area contributed by atoms with E-state index in [1.165, 1.54) is 6.07 Å². The first-order chi connectivity index (χ1) is 12.5. The fourth-order valence-corrected chi connectivity index (χ4v) is 2.06. The van der Waals surface area contributed by atoms with Crippen molar-refractivity contribution in [3.63, 3.8) is 0 Å². The SMILES string of the molecule is CC(Cc1ccc(F)cc1OCC(F)F)OC(=O)CNC(=O)OC(C)(C)C. The van der Waals surface area contributed by atoms with Crippen LogP contribution in [0.2, 0.25) is 0 Å². The van der Waals surface area contributed by atoms with Crippen LogP contribution in [-0.2, 0) is 20.7 Å². The molecule has 6 nitrogen and oxygen atoms in total. The standard InChI is InChI=1S/C18H24F3NO5/c1-11(26-16(23)9-22-17(24)27-18(2,3)4)7-12-5-6-13(19)8-14(12)25-10-15(20)21/h5-6,8,11,15H,7,9-10H2,1-4H3,(H,22,24). The molecule has 1 aromatic rings. The summed E-state index contributed by atoms with van der Waals surface area (Å²) in [6.45, 7) is 5.36. The number of amides is 1. The van der Waals surface area contributed by atoms with Crippen LogP contribution in [0, 0.1) is 5.82 Å². The van der Waals surface area contributed by atoms with Gasteiger partial charge in [-0.2, -0.15) is 0 Å². The summed E-state index contributed by atoms with van der Waals surface area (Å²) in [6.07, 6.45) is -3.99. The number of hydrogen-bond donors (Lipinski definition) is 1. The van der Waals surface area contributed by atoms with Gasteiger partial charge in [-0.05, 0) is 39.3 Å². The highest BCUT2D eigenvalue weighted by molar-refractivity contribution is 5.78. The minimum absolute atomic E-state index is 0.0370. The van der Waals surface area contributed by atoms with Crippen molar-refractivity contribution in [1.29, 1.82) is 0 Å². The molecule has 0 heterocycles. The van der Waals surface area contributed by atoms with Crippen LogP contribution in [0.3, 0.4) is 0 Å². The number of alkyl halides is 2. The summed E-state index contributed by atoms with van der Waals surface area (Å²) < 4.78 is 53.0. The van der Waals surface area contributed by atoms with Crippen molar-refractivity contribution in [3.8, 4) is 5.75 Å². The van der Waals surface area contributed by atoms with E-state index in [0.29, 0.717) is 5.56 Å². The smallest absolute Gasteiger partial charge is 0.408 e. The predicted octanol–water partition coefficient (Wildman–Crippen LogP) is 3.47. The second-order valence-electron chi connectivity index (χ2n) is 6.81. The van der Waals surface area contributed by atoms with Gasteiger partial charge in [0.15, 0.2) is 0 Å². The lowest BCUT2D eigenvalue weighted by Crippen LogP contribution is -2.36. The molecule has 0 aliphatic carbocycles. The van der Waals surface area contributed by atoms with Crippen LogP contribution in [0.4, 0.5) is 18.0 Å². The Kier molecular flexibility index (Phi) is 8.39. The van der Waals surface area contributed by atoms with E-state index >= 15 is 0 Å². The van der Waals surface area contributed by atoms with Crippen LogP contribution in [-0.4, -0.2) is 43.3 Å². The van der Waals surface area contributed by atoms with Crippen molar-refractivity contribution in [2.75, 3.05) is 13.2 Å². The van der Waals surface area contributed by atoms with Crippen molar-refractivity contribution < 1.29 is 37.0 Å². The summed E-state index contributed by atoms with van der Waals surface area (Å²) in [4.78, 5) is 23.3. The average molecular weight is 391 g/mol. The van der Waals surface area contributed by atoms with Gasteiger partial charge in [-0.3, -0.25) is 4.79 Å². The fourth-order valence-electron chi connectivity index (χ4n) is 2.06. The van der Waals surface area contributed by atoms with Gasteiger partial charge >= 0.3 is 12.1 Å². The Morgan fingerprint density at radius 2 is 1.89 bits per heavy atom. The number of carbonyl (C=O) groups is 2. The molecule has 1 atom stereocenters. The lowest BCUT2D eigenvalue weighted by atomic mass is 10.1. The molecule has 1 rings (SSSR count). The van der Waals surface area contributed by atoms with E-state index in [9.17, 15) is 22.8 Å². The van der Waals surface area contributed by atoms with E-state index in [1.807, 2.05) is 0 Å². The molecule has 0 saturated heterocycles. The molecule has 0 bridgehead atoms. The Balaban J connectivity index is 2.55. The third-order valence-electron chi connectivity index (χ3n) is 3.01. The quantitative estimate of drug-likeness (QED) is 0.687. The highest BCUT2D eigenvalue weighted by Gasteiger charge is 2.18. The molecule has 0 spiro atoms. The number of ether oxygens (including phenoxy) is 3. The second-order valence-corrected chi connectivity index (χ2v) is 6.81. The van der Waals surface area contributed by atoms with Gasteiger partial charge in [0.1, 0.15) is 36.4 Å². The zero-order chi connectivity index (χ0) is 20.6. The Hall–Kier alpha value is -2.45. The van der Waals surface area contributed by atoms with Gasteiger partial charge in [0.05, 0.1) is 0 Å². The number of carbonyl (C=O) groups excluding carboxylic acids is 2. The van der Waals surface area contributed by atoms with Gasteiger partial charge in [-0.15, -0.1) is 0 Å². The van der Waals surface area contributed by atoms with Gasteiger partial charge in [0, 0.05) is 12.5 Å². The fraction of sp³-hybridized carbons (Fsp3) is 0.556. The van der Waals surface area contributed by atoms with Crippen molar-refractivity contribution >= 4 is 12.1 Å². The van der Waals surface area contributed by atoms with Crippen molar-refractivity contribution in [2.24, 2.45) is 0 Å². The molecular formula is C18H24F3NO5. The van der Waals surface area contributed by atoms with Crippen LogP contribution >= 0.6 is 0 Å². The summed E-state index contributed by atoms with van der Waals surface area (Å²) >= 11 is 0. The molecule has 0 fully saturated rings. The van der Waals surface area contributed by atoms with Crippen molar-refractivity contribution in [3.05, 3.63) is 29.6 Å². The van der Waals surface area contributed by atoms with Gasteiger partial charge < -0.3 is 19.5 Å². The summed E-state index contributed by atoms with van der Waals surface area (Å²) in [6, 6.07) is 3.53. The van der Waals surface area contributed by atoms with E-state index in [0.717, 1.165) is 12.1 Å². The average Bonchev–Trinajstić information content (AvgIpc) is 2.51. The third-order valence-corrected chi connectivity index (χ3v) is 3.01. The number of esters is 1. The summed E-state index contributed by atoms with van der Waals surface area (Å²) in [5, 5.41) is 2.27. The lowest BCUT2D eigenvalue weighted by molar-refractivity contribution is -0.147. The molecule has 1 aromatic carbocycles. The molecule has 0 saturated carbocycles. The first-order valence-corrected chi connectivity index (χ1v) is 8.32. The Morgan fingerprint density at radius 1 is 1.22 bits per heavy atom. The first kappa shape index (κ1) is 22.6. The molecule has 0 radical (unpaired) electrons. The van der Waals surface area contributed by atoms with Crippen LogP contribution < -0.4 is 10.1 Å². The summed E-state index contributed by atoms with van der Waals surface area (Å²) in [5.74, 6) is -1.37. The van der Waals surface area contributed by atoms with Gasteiger partial charge in [0.25, 0.3) is 6.43 Å². The molecular weight excluding hydrogens is 367 g/mol. The van der Waals surface area contributed by atoms with Crippen LogP contribution in [0.25, 0.3) is 0 Å². The number of benzene rings is 1. The van der Waals surface area contributed by atoms with Crippen LogP contribution in [0.15, 0.2) is 18.2 Å². The molecule has 9 heteroatoms. The Labute approximate surface area is 156 Å². The number of alkyl carbamates (subject to hydrolysis) is 1. The zero-order valence-corrected chi connectivity index (χ0v) is 15.7. The topological polar surface area (TPSA) is 73.9 Å². The van der Waals surface area contributed by atoms with Gasteiger partial charge in [0.2, 0.25) is 0 Å². The van der Waals surface area contributed by atoms with E-state index < -0.39 is 49.2 Å². The van der Waals surface area contributed by atoms with Crippen LogP contribution in [0.1, 0.15) is 33.3 Å². The second kappa shape index (κ2) is 10.0. The highest BCUT2D eigenvalue weighted by Crippen LogP contribution is 2.23. The molecule has 0 aliphatic heterocycles. The minimum Gasteiger partial charge on any atom is -0.487 e. The third kappa shape index (κ3) is 9.72. The molecule has 0 aromatic heterocycles. The van der Waals surface area contributed by atoms with Crippen molar-refractivity contribution in [1.82, 2.24) is 5.32 Å². The van der Waals surface area contributed by atoms with Gasteiger partial charge in [-0.25, -0.2) is 18.0 Å². The Bertz CT molecular complexity index is 646. The first-order valence-electron chi connectivity index (χ1n) is 8.32. The molecule has 1 amide bonds. The summed E-state index contributed by atoms with van der Waals surface area (Å²) in [7, 11) is 0. The predicted molar refractivity (Wildman–Crippen MR) is 91.4 cm³/mol. The minimum atomic E-state index is -2.70. The molecule has 27 heavy (non-hydrogen) atoms. The van der Waals surface area contributed by atoms with Crippen LogP contribution in [0.5, 0.6) is 5.75 Å². The van der Waals surface area contributed by atoms with E-state index in [4.69, 9.17) is 14.2 Å². The largest absolute Gasteiger partial charge is 0.487 e. The number of halogens is 3. The Morgan fingerprint density at radius 3 is 2.48 bits per heavy atom.